The van der Waals surface area contributed by atoms with E-state index in [1.165, 1.54) is 12.1 Å². The number of nitrogens with zero attached hydrogens (tertiary/aromatic N) is 2. The Hall–Kier alpha value is -3.94. The van der Waals surface area contributed by atoms with Crippen LogP contribution in [0.2, 0.25) is 0 Å². The summed E-state index contributed by atoms with van der Waals surface area (Å²) in [6, 6.07) is 19.6. The highest BCUT2D eigenvalue weighted by atomic mass is 19.1. The van der Waals surface area contributed by atoms with E-state index in [9.17, 15) is 9.18 Å². The van der Waals surface area contributed by atoms with E-state index in [4.69, 9.17) is 10.5 Å². The highest BCUT2D eigenvalue weighted by Crippen LogP contribution is 2.28. The molecule has 4 aromatic rings. The van der Waals surface area contributed by atoms with E-state index >= 15 is 0 Å². The van der Waals surface area contributed by atoms with Crippen molar-refractivity contribution in [1.29, 1.82) is 0 Å². The fourth-order valence-corrected chi connectivity index (χ4v) is 4.86. The number of anilines is 1. The number of rotatable bonds is 7. The van der Waals surface area contributed by atoms with Gasteiger partial charge in [-0.3, -0.25) is 9.69 Å². The molecule has 6 nitrogen and oxygen atoms in total. The van der Waals surface area contributed by atoms with E-state index in [0.29, 0.717) is 22.7 Å². The van der Waals surface area contributed by atoms with Crippen LogP contribution in [0.4, 0.5) is 10.1 Å². The molecular weight excluding hydrogens is 479 g/mol. The van der Waals surface area contributed by atoms with Crippen LogP contribution in [0.5, 0.6) is 11.5 Å². The molecule has 3 aromatic carbocycles. The molecule has 1 atom stereocenters. The van der Waals surface area contributed by atoms with Gasteiger partial charge in [-0.2, -0.15) is 0 Å². The average Bonchev–Trinajstić information content (AvgIpc) is 3.31. The minimum atomic E-state index is -0.380. The van der Waals surface area contributed by atoms with Crippen molar-refractivity contribution in [1.82, 2.24) is 9.47 Å². The van der Waals surface area contributed by atoms with Gasteiger partial charge in [-0.1, -0.05) is 12.1 Å². The molecule has 7 heteroatoms. The predicted octanol–water partition coefficient (Wildman–Crippen LogP) is 6.20. The van der Waals surface area contributed by atoms with Crippen molar-refractivity contribution in [3.05, 3.63) is 107 Å². The first-order chi connectivity index (χ1) is 18.3. The third-order valence-electron chi connectivity index (χ3n) is 6.80. The summed E-state index contributed by atoms with van der Waals surface area (Å²) in [5.41, 5.74) is 11.5. The maximum absolute atomic E-state index is 13.6. The number of aryl methyl sites for hydroxylation is 2. The van der Waals surface area contributed by atoms with Crippen molar-refractivity contribution in [2.24, 2.45) is 5.73 Å². The third kappa shape index (κ3) is 6.30. The van der Waals surface area contributed by atoms with Crippen LogP contribution in [0.1, 0.15) is 39.9 Å². The predicted molar refractivity (Wildman–Crippen MR) is 149 cm³/mol. The molecule has 3 N–H and O–H groups in total. The van der Waals surface area contributed by atoms with E-state index in [2.05, 4.69) is 40.0 Å². The summed E-state index contributed by atoms with van der Waals surface area (Å²) in [6.45, 7) is 6.59. The van der Waals surface area contributed by atoms with Crippen molar-refractivity contribution in [2.45, 2.75) is 39.3 Å². The SMILES string of the molecule is Cc1ccn(-c2cc(CN3CCC[C@H](N)C3)cc(NC(=O)c3ccc(C)c(Oc4cccc(F)c4)c3)c2)c1. The zero-order chi connectivity index (χ0) is 26.6. The first kappa shape index (κ1) is 25.7. The molecule has 1 amide bonds. The van der Waals surface area contributed by atoms with Gasteiger partial charge in [-0.15, -0.1) is 0 Å². The van der Waals surface area contributed by atoms with E-state index in [1.54, 1.807) is 24.3 Å². The van der Waals surface area contributed by atoms with Crippen LogP contribution in [-0.2, 0) is 6.54 Å². The Morgan fingerprint density at radius 2 is 1.97 bits per heavy atom. The van der Waals surface area contributed by atoms with Crippen LogP contribution in [0.3, 0.4) is 0 Å². The van der Waals surface area contributed by atoms with Crippen LogP contribution in [0.25, 0.3) is 5.69 Å². The Bertz CT molecular complexity index is 1450. The van der Waals surface area contributed by atoms with Gasteiger partial charge in [0, 0.05) is 54.5 Å². The summed E-state index contributed by atoms with van der Waals surface area (Å²) in [6.07, 6.45) is 6.24. The lowest BCUT2D eigenvalue weighted by Gasteiger charge is -2.30. The lowest BCUT2D eigenvalue weighted by molar-refractivity contribution is 0.102. The second kappa shape index (κ2) is 11.2. The van der Waals surface area contributed by atoms with E-state index < -0.39 is 0 Å². The molecule has 0 radical (unpaired) electrons. The number of likely N-dealkylation sites (tertiary alicyclic amines) is 1. The summed E-state index contributed by atoms with van der Waals surface area (Å²) in [4.78, 5) is 15.7. The largest absolute Gasteiger partial charge is 0.457 e. The normalized spacial score (nSPS) is 15.8. The van der Waals surface area contributed by atoms with Crippen LogP contribution in [0, 0.1) is 19.7 Å². The molecule has 0 spiro atoms. The number of amides is 1. The van der Waals surface area contributed by atoms with Gasteiger partial charge in [0.15, 0.2) is 0 Å². The van der Waals surface area contributed by atoms with E-state index in [1.807, 2.05) is 31.3 Å². The monoisotopic (exact) mass is 512 g/mol. The minimum Gasteiger partial charge on any atom is -0.457 e. The summed E-state index contributed by atoms with van der Waals surface area (Å²) in [5.74, 6) is 0.249. The van der Waals surface area contributed by atoms with Gasteiger partial charge in [0.1, 0.15) is 17.3 Å². The lowest BCUT2D eigenvalue weighted by Crippen LogP contribution is -2.42. The zero-order valence-corrected chi connectivity index (χ0v) is 21.8. The Labute approximate surface area is 222 Å². The van der Waals surface area contributed by atoms with Crippen molar-refractivity contribution in [3.8, 4) is 17.2 Å². The maximum atomic E-state index is 13.6. The van der Waals surface area contributed by atoms with Crippen LogP contribution in [-0.4, -0.2) is 34.5 Å². The second-order valence-corrected chi connectivity index (χ2v) is 10.1. The van der Waals surface area contributed by atoms with Crippen molar-refractivity contribution in [3.63, 3.8) is 0 Å². The van der Waals surface area contributed by atoms with Gasteiger partial charge in [-0.05, 0) is 98.5 Å². The Balaban J connectivity index is 1.40. The molecule has 196 valence electrons. The second-order valence-electron chi connectivity index (χ2n) is 10.1. The Morgan fingerprint density at radius 1 is 1.11 bits per heavy atom. The third-order valence-corrected chi connectivity index (χ3v) is 6.80. The molecule has 1 saturated heterocycles. The van der Waals surface area contributed by atoms with E-state index in [-0.39, 0.29) is 17.8 Å². The van der Waals surface area contributed by atoms with E-state index in [0.717, 1.165) is 54.9 Å². The molecular formula is C31H33FN4O2. The number of halogens is 1. The zero-order valence-electron chi connectivity index (χ0n) is 21.8. The summed E-state index contributed by atoms with van der Waals surface area (Å²) >= 11 is 0. The van der Waals surface area contributed by atoms with Crippen LogP contribution in [0.15, 0.2) is 79.1 Å². The molecule has 1 aromatic heterocycles. The quantitative estimate of drug-likeness (QED) is 0.309. The fraction of sp³-hybridized carbons (Fsp3) is 0.258. The first-order valence-corrected chi connectivity index (χ1v) is 12.9. The number of nitrogens with two attached hydrogens (primary N) is 1. The molecule has 0 bridgehead atoms. The molecule has 0 unspecified atom stereocenters. The van der Waals surface area contributed by atoms with Gasteiger partial charge >= 0.3 is 0 Å². The van der Waals surface area contributed by atoms with Gasteiger partial charge in [0.2, 0.25) is 0 Å². The van der Waals surface area contributed by atoms with Crippen molar-refractivity contribution < 1.29 is 13.9 Å². The standard InChI is InChI=1S/C31H33FN4O2/c1-21-10-12-36(18-21)28-14-23(19-35-11-4-6-26(33)20-35)13-27(17-28)34-31(37)24-9-8-22(2)30(15-24)38-29-7-3-5-25(32)16-29/h3,5,7-10,12-18,26H,4,6,11,19-20,33H2,1-2H3,(H,34,37)/t26-/m0/s1. The number of hydrogen-bond acceptors (Lipinski definition) is 4. The molecule has 0 aliphatic carbocycles. The summed E-state index contributed by atoms with van der Waals surface area (Å²) in [7, 11) is 0. The van der Waals surface area contributed by atoms with Crippen LogP contribution < -0.4 is 15.8 Å². The number of carbonyl (C=O) groups excluding carboxylic acids is 1. The minimum absolute atomic E-state index is 0.198. The van der Waals surface area contributed by atoms with Crippen molar-refractivity contribution in [2.75, 3.05) is 18.4 Å². The maximum Gasteiger partial charge on any atom is 0.255 e. The van der Waals surface area contributed by atoms with Gasteiger partial charge < -0.3 is 20.4 Å². The molecule has 1 aliphatic heterocycles. The summed E-state index contributed by atoms with van der Waals surface area (Å²) in [5, 5.41) is 3.07. The lowest BCUT2D eigenvalue weighted by atomic mass is 10.0. The highest BCUT2D eigenvalue weighted by molar-refractivity contribution is 6.04. The number of hydrogen-bond donors (Lipinski definition) is 2. The topological polar surface area (TPSA) is 72.5 Å². The molecule has 5 rings (SSSR count). The smallest absolute Gasteiger partial charge is 0.255 e. The number of aromatic nitrogens is 1. The number of benzene rings is 3. The van der Waals surface area contributed by atoms with Crippen molar-refractivity contribution >= 4 is 11.6 Å². The molecule has 2 heterocycles. The van der Waals surface area contributed by atoms with Gasteiger partial charge in [-0.25, -0.2) is 4.39 Å². The fourth-order valence-electron chi connectivity index (χ4n) is 4.86. The van der Waals surface area contributed by atoms with Gasteiger partial charge in [0.05, 0.1) is 0 Å². The number of ether oxygens (including phenoxy) is 1. The first-order valence-electron chi connectivity index (χ1n) is 12.9. The number of carbonyl (C=O) groups is 1. The number of nitrogens with one attached hydrogen (secondary N) is 1. The molecule has 1 aliphatic rings. The Kier molecular flexibility index (Phi) is 7.58. The molecule has 1 fully saturated rings. The van der Waals surface area contributed by atoms with Crippen LogP contribution >= 0.6 is 0 Å². The molecule has 0 saturated carbocycles. The number of piperidine rings is 1. The Morgan fingerprint density at radius 3 is 2.74 bits per heavy atom. The summed E-state index contributed by atoms with van der Waals surface area (Å²) < 4.78 is 21.6. The van der Waals surface area contributed by atoms with Gasteiger partial charge in [0.25, 0.3) is 5.91 Å². The highest BCUT2D eigenvalue weighted by Gasteiger charge is 2.18. The average molecular weight is 513 g/mol. The molecule has 38 heavy (non-hydrogen) atoms.